The Labute approximate surface area is 120 Å². The number of likely N-dealkylation sites (tertiary alicyclic amines) is 1. The first-order chi connectivity index (χ1) is 10.1. The molecule has 0 unspecified atom stereocenters. The molecule has 8 heteroatoms. The fraction of sp³-hybridized carbons (Fsp3) is 0.769. The summed E-state index contributed by atoms with van der Waals surface area (Å²) in [6, 6.07) is -0.0401. The third-order valence-corrected chi connectivity index (χ3v) is 4.03. The van der Waals surface area contributed by atoms with Gasteiger partial charge >= 0.3 is 12.5 Å². The second-order valence-electron chi connectivity index (χ2n) is 5.68. The minimum atomic E-state index is -2.74. The number of piperidine rings is 1. The second-order valence-corrected chi connectivity index (χ2v) is 5.68. The quantitative estimate of drug-likeness (QED) is 0.926. The van der Waals surface area contributed by atoms with Crippen LogP contribution < -0.4 is 5.32 Å². The zero-order valence-electron chi connectivity index (χ0n) is 11.6. The van der Waals surface area contributed by atoms with E-state index in [1.165, 1.54) is 12.8 Å². The number of halogens is 2. The van der Waals surface area contributed by atoms with Gasteiger partial charge in [0.1, 0.15) is 0 Å². The van der Waals surface area contributed by atoms with E-state index in [1.54, 1.807) is 4.90 Å². The summed E-state index contributed by atoms with van der Waals surface area (Å²) in [5, 5.41) is 6.54. The minimum Gasteiger partial charge on any atom is -0.338 e. The van der Waals surface area contributed by atoms with E-state index in [0.29, 0.717) is 37.7 Å². The Kier molecular flexibility index (Phi) is 4.03. The van der Waals surface area contributed by atoms with Crippen LogP contribution in [0.15, 0.2) is 4.52 Å². The van der Waals surface area contributed by atoms with Gasteiger partial charge in [0.2, 0.25) is 0 Å². The average Bonchev–Trinajstić information content (AvgIpc) is 3.18. The predicted molar refractivity (Wildman–Crippen MR) is 68.9 cm³/mol. The van der Waals surface area contributed by atoms with Gasteiger partial charge < -0.3 is 14.7 Å². The zero-order valence-corrected chi connectivity index (χ0v) is 11.6. The molecule has 2 fully saturated rings. The molecule has 2 amide bonds. The highest BCUT2D eigenvalue weighted by Gasteiger charge is 2.29. The number of hydrogen-bond donors (Lipinski definition) is 1. The first-order valence-corrected chi connectivity index (χ1v) is 7.28. The molecule has 116 valence electrons. The Balaban J connectivity index is 1.48. The van der Waals surface area contributed by atoms with E-state index in [2.05, 4.69) is 20.0 Å². The molecule has 1 aromatic rings. The van der Waals surface area contributed by atoms with Gasteiger partial charge in [0, 0.05) is 25.6 Å². The van der Waals surface area contributed by atoms with Crippen molar-refractivity contribution in [3.05, 3.63) is 11.7 Å². The monoisotopic (exact) mass is 300 g/mol. The average molecular weight is 300 g/mol. The summed E-state index contributed by atoms with van der Waals surface area (Å²) in [4.78, 5) is 17.4. The van der Waals surface area contributed by atoms with Crippen LogP contribution in [0.4, 0.5) is 13.6 Å². The summed E-state index contributed by atoms with van der Waals surface area (Å²) in [5.74, 6) is 0.324. The van der Waals surface area contributed by atoms with Gasteiger partial charge in [-0.2, -0.15) is 13.8 Å². The number of nitrogens with one attached hydrogen (secondary N) is 1. The van der Waals surface area contributed by atoms with Crippen LogP contribution in [-0.4, -0.2) is 40.7 Å². The normalized spacial score (nSPS) is 20.0. The standard InChI is InChI=1S/C13H18F2N4O2/c14-10(15)12-17-11(18-21-12)9-3-5-19(6-4-9)13(20)16-7-8-1-2-8/h8-10H,1-7H2,(H,16,20). The van der Waals surface area contributed by atoms with Crippen molar-refractivity contribution in [2.24, 2.45) is 5.92 Å². The van der Waals surface area contributed by atoms with E-state index in [0.717, 1.165) is 6.54 Å². The van der Waals surface area contributed by atoms with Gasteiger partial charge in [0.25, 0.3) is 5.89 Å². The molecule has 3 rings (SSSR count). The molecule has 0 spiro atoms. The van der Waals surface area contributed by atoms with Gasteiger partial charge in [-0.15, -0.1) is 0 Å². The second kappa shape index (κ2) is 5.95. The highest BCUT2D eigenvalue weighted by Crippen LogP contribution is 2.29. The van der Waals surface area contributed by atoms with Crippen LogP contribution in [0.25, 0.3) is 0 Å². The largest absolute Gasteiger partial charge is 0.338 e. The van der Waals surface area contributed by atoms with Gasteiger partial charge in [-0.25, -0.2) is 4.79 Å². The summed E-state index contributed by atoms with van der Waals surface area (Å²) in [6.45, 7) is 1.92. The lowest BCUT2D eigenvalue weighted by Crippen LogP contribution is -2.44. The summed E-state index contributed by atoms with van der Waals surface area (Å²) in [7, 11) is 0. The lowest BCUT2D eigenvalue weighted by atomic mass is 9.96. The maximum Gasteiger partial charge on any atom is 0.317 e. The molecule has 1 aromatic heterocycles. The highest BCUT2D eigenvalue weighted by molar-refractivity contribution is 5.74. The molecular formula is C13H18F2N4O2. The van der Waals surface area contributed by atoms with Crippen LogP contribution in [0.5, 0.6) is 0 Å². The number of amides is 2. The highest BCUT2D eigenvalue weighted by atomic mass is 19.3. The number of rotatable bonds is 4. The molecule has 0 aromatic carbocycles. The first kappa shape index (κ1) is 14.2. The van der Waals surface area contributed by atoms with Gasteiger partial charge in [0.05, 0.1) is 0 Å². The van der Waals surface area contributed by atoms with Crippen LogP contribution in [0.3, 0.4) is 0 Å². The van der Waals surface area contributed by atoms with Crippen molar-refractivity contribution >= 4 is 6.03 Å². The third kappa shape index (κ3) is 3.48. The van der Waals surface area contributed by atoms with E-state index in [4.69, 9.17) is 0 Å². The Morgan fingerprint density at radius 3 is 2.62 bits per heavy atom. The third-order valence-electron chi connectivity index (χ3n) is 4.03. The molecule has 1 saturated heterocycles. The van der Waals surface area contributed by atoms with E-state index < -0.39 is 12.3 Å². The predicted octanol–water partition coefficient (Wildman–Crippen LogP) is 2.31. The maximum atomic E-state index is 12.4. The van der Waals surface area contributed by atoms with E-state index in [9.17, 15) is 13.6 Å². The fourth-order valence-corrected chi connectivity index (χ4v) is 2.51. The molecule has 21 heavy (non-hydrogen) atoms. The van der Waals surface area contributed by atoms with Crippen molar-refractivity contribution in [1.29, 1.82) is 0 Å². The number of urea groups is 1. The minimum absolute atomic E-state index is 0.0197. The van der Waals surface area contributed by atoms with Crippen molar-refractivity contribution in [3.8, 4) is 0 Å². The summed E-state index contributed by atoms with van der Waals surface area (Å²) >= 11 is 0. The van der Waals surface area contributed by atoms with Crippen LogP contribution in [-0.2, 0) is 0 Å². The van der Waals surface area contributed by atoms with E-state index in [-0.39, 0.29) is 11.9 Å². The number of carbonyl (C=O) groups excluding carboxylic acids is 1. The van der Waals surface area contributed by atoms with Crippen molar-refractivity contribution in [2.45, 2.75) is 38.0 Å². The number of nitrogens with zero attached hydrogens (tertiary/aromatic N) is 3. The first-order valence-electron chi connectivity index (χ1n) is 7.28. The molecule has 0 radical (unpaired) electrons. The zero-order chi connectivity index (χ0) is 14.8. The van der Waals surface area contributed by atoms with Gasteiger partial charge in [-0.3, -0.25) is 0 Å². The molecule has 1 saturated carbocycles. The Morgan fingerprint density at radius 2 is 2.05 bits per heavy atom. The van der Waals surface area contributed by atoms with Crippen molar-refractivity contribution in [1.82, 2.24) is 20.4 Å². The van der Waals surface area contributed by atoms with Crippen LogP contribution >= 0.6 is 0 Å². The lowest BCUT2D eigenvalue weighted by molar-refractivity contribution is 0.106. The molecule has 1 aliphatic heterocycles. The Hall–Kier alpha value is -1.73. The van der Waals surface area contributed by atoms with Crippen molar-refractivity contribution < 1.29 is 18.1 Å². The topological polar surface area (TPSA) is 71.3 Å². The number of aromatic nitrogens is 2. The molecule has 0 bridgehead atoms. The summed E-state index contributed by atoms with van der Waals surface area (Å²) in [5.41, 5.74) is 0. The van der Waals surface area contributed by atoms with Crippen LogP contribution in [0.2, 0.25) is 0 Å². The Bertz CT molecular complexity index is 496. The number of alkyl halides is 2. The van der Waals surface area contributed by atoms with E-state index in [1.807, 2.05) is 0 Å². The van der Waals surface area contributed by atoms with Gasteiger partial charge in [-0.1, -0.05) is 5.16 Å². The van der Waals surface area contributed by atoms with Crippen molar-refractivity contribution in [3.63, 3.8) is 0 Å². The maximum absolute atomic E-state index is 12.4. The Morgan fingerprint density at radius 1 is 1.33 bits per heavy atom. The SMILES string of the molecule is O=C(NCC1CC1)N1CCC(c2noc(C(F)F)n2)CC1. The molecular weight excluding hydrogens is 282 g/mol. The number of carbonyl (C=O) groups is 1. The molecule has 1 N–H and O–H groups in total. The number of hydrogen-bond acceptors (Lipinski definition) is 4. The molecule has 0 atom stereocenters. The molecule has 2 aliphatic rings. The van der Waals surface area contributed by atoms with Crippen LogP contribution in [0.1, 0.15) is 49.7 Å². The van der Waals surface area contributed by atoms with Crippen LogP contribution in [0, 0.1) is 5.92 Å². The molecule has 2 heterocycles. The van der Waals surface area contributed by atoms with Gasteiger partial charge in [-0.05, 0) is 31.6 Å². The van der Waals surface area contributed by atoms with E-state index >= 15 is 0 Å². The molecule has 1 aliphatic carbocycles. The van der Waals surface area contributed by atoms with Gasteiger partial charge in [0.15, 0.2) is 5.82 Å². The molecule has 6 nitrogen and oxygen atoms in total. The lowest BCUT2D eigenvalue weighted by Gasteiger charge is -2.30. The smallest absolute Gasteiger partial charge is 0.317 e. The fourth-order valence-electron chi connectivity index (χ4n) is 2.51. The van der Waals surface area contributed by atoms with Crippen molar-refractivity contribution in [2.75, 3.05) is 19.6 Å². The summed E-state index contributed by atoms with van der Waals surface area (Å²) < 4.78 is 29.3. The summed E-state index contributed by atoms with van der Waals surface area (Å²) in [6.07, 6.45) is 0.997.